The van der Waals surface area contributed by atoms with Crippen LogP contribution in [-0.4, -0.2) is 37.5 Å². The predicted octanol–water partition coefficient (Wildman–Crippen LogP) is 3.22. The van der Waals surface area contributed by atoms with E-state index in [0.717, 1.165) is 11.3 Å². The summed E-state index contributed by atoms with van der Waals surface area (Å²) in [7, 11) is 3.08. The van der Waals surface area contributed by atoms with Crippen molar-refractivity contribution in [2.75, 3.05) is 26.1 Å². The number of imide groups is 1. The monoisotopic (exact) mass is 366 g/mol. The number of likely N-dealkylation sites (N-methyl/N-ethyl adjacent to an activating group) is 1. The van der Waals surface area contributed by atoms with E-state index in [1.54, 1.807) is 32.2 Å². The van der Waals surface area contributed by atoms with Crippen LogP contribution < -0.4 is 14.8 Å². The maximum atomic E-state index is 12.9. The highest BCUT2D eigenvalue weighted by atomic mass is 16.5. The Labute approximate surface area is 158 Å². The highest BCUT2D eigenvalue weighted by molar-refractivity contribution is 6.36. The fraction of sp³-hybridized carbons (Fsp3) is 0.238. The Hall–Kier alpha value is -3.28. The highest BCUT2D eigenvalue weighted by Gasteiger charge is 2.38. The van der Waals surface area contributed by atoms with E-state index in [1.165, 1.54) is 12.0 Å². The van der Waals surface area contributed by atoms with Crippen LogP contribution in [0.1, 0.15) is 18.1 Å². The van der Waals surface area contributed by atoms with Gasteiger partial charge in [0.05, 0.1) is 19.8 Å². The number of ether oxygens (including phenoxy) is 2. The molecule has 0 aromatic heterocycles. The van der Waals surface area contributed by atoms with Gasteiger partial charge in [-0.3, -0.25) is 14.5 Å². The topological polar surface area (TPSA) is 67.9 Å². The van der Waals surface area contributed by atoms with Gasteiger partial charge < -0.3 is 14.8 Å². The number of nitrogens with zero attached hydrogens (tertiary/aromatic N) is 1. The van der Waals surface area contributed by atoms with Crippen LogP contribution in [0.3, 0.4) is 0 Å². The van der Waals surface area contributed by atoms with Crippen LogP contribution in [0.5, 0.6) is 11.5 Å². The molecule has 2 amide bonds. The molecule has 0 saturated heterocycles. The summed E-state index contributed by atoms with van der Waals surface area (Å²) in [6, 6.07) is 12.8. The second kappa shape index (κ2) is 7.53. The number of nitrogens with one attached hydrogen (secondary N) is 1. The van der Waals surface area contributed by atoms with Gasteiger partial charge in [-0.1, -0.05) is 24.3 Å². The van der Waals surface area contributed by atoms with Crippen molar-refractivity contribution < 1.29 is 19.1 Å². The molecule has 2 aromatic rings. The Bertz CT molecular complexity index is 934. The first-order chi connectivity index (χ1) is 13.0. The zero-order valence-corrected chi connectivity index (χ0v) is 15.8. The first-order valence-corrected chi connectivity index (χ1v) is 8.67. The number of carbonyl (C=O) groups excluding carboxylic acids is 2. The third-order valence-corrected chi connectivity index (χ3v) is 4.56. The minimum absolute atomic E-state index is 0.267. The molecule has 0 saturated carbocycles. The molecule has 0 aliphatic carbocycles. The summed E-state index contributed by atoms with van der Waals surface area (Å²) in [4.78, 5) is 27.0. The van der Waals surface area contributed by atoms with Gasteiger partial charge in [0, 0.05) is 12.2 Å². The van der Waals surface area contributed by atoms with Crippen LogP contribution in [0.2, 0.25) is 0 Å². The van der Waals surface area contributed by atoms with Crippen molar-refractivity contribution in [3.8, 4) is 11.5 Å². The van der Waals surface area contributed by atoms with E-state index in [2.05, 4.69) is 5.32 Å². The van der Waals surface area contributed by atoms with Gasteiger partial charge in [-0.25, -0.2) is 0 Å². The Morgan fingerprint density at radius 2 is 1.67 bits per heavy atom. The van der Waals surface area contributed by atoms with E-state index in [1.807, 2.05) is 31.2 Å². The number of benzene rings is 2. The normalized spacial score (nSPS) is 14.0. The largest absolute Gasteiger partial charge is 0.493 e. The number of amides is 2. The molecule has 0 radical (unpaired) electrons. The molecular weight excluding hydrogens is 344 g/mol. The van der Waals surface area contributed by atoms with Crippen LogP contribution in [0, 0.1) is 6.92 Å². The van der Waals surface area contributed by atoms with Gasteiger partial charge in [0.1, 0.15) is 5.70 Å². The smallest absolute Gasteiger partial charge is 0.278 e. The van der Waals surface area contributed by atoms with Gasteiger partial charge in [0.15, 0.2) is 11.5 Å². The maximum absolute atomic E-state index is 12.9. The van der Waals surface area contributed by atoms with E-state index in [9.17, 15) is 9.59 Å². The molecular formula is C21H22N2O4. The fourth-order valence-corrected chi connectivity index (χ4v) is 3.09. The maximum Gasteiger partial charge on any atom is 0.278 e. The third kappa shape index (κ3) is 3.26. The van der Waals surface area contributed by atoms with Gasteiger partial charge in [0.2, 0.25) is 0 Å². The first-order valence-electron chi connectivity index (χ1n) is 8.67. The van der Waals surface area contributed by atoms with Crippen LogP contribution in [0.15, 0.2) is 48.2 Å². The number of carbonyl (C=O) groups is 2. The quantitative estimate of drug-likeness (QED) is 0.795. The van der Waals surface area contributed by atoms with Crippen molar-refractivity contribution in [2.45, 2.75) is 13.8 Å². The molecule has 3 rings (SSSR count). The number of rotatable bonds is 6. The Balaban J connectivity index is 2.14. The molecule has 27 heavy (non-hydrogen) atoms. The van der Waals surface area contributed by atoms with Crippen molar-refractivity contribution in [1.82, 2.24) is 4.90 Å². The molecule has 0 fully saturated rings. The van der Waals surface area contributed by atoms with Gasteiger partial charge in [-0.15, -0.1) is 0 Å². The third-order valence-electron chi connectivity index (χ3n) is 4.56. The van der Waals surface area contributed by atoms with Crippen LogP contribution in [0.4, 0.5) is 5.69 Å². The van der Waals surface area contributed by atoms with E-state index in [4.69, 9.17) is 9.47 Å². The van der Waals surface area contributed by atoms with E-state index >= 15 is 0 Å². The summed E-state index contributed by atoms with van der Waals surface area (Å²) in [6.07, 6.45) is 0. The van der Waals surface area contributed by atoms with Crippen LogP contribution >= 0.6 is 0 Å². The molecule has 0 bridgehead atoms. The summed E-state index contributed by atoms with van der Waals surface area (Å²) >= 11 is 0. The first kappa shape index (κ1) is 18.5. The molecule has 0 unspecified atom stereocenters. The number of hydrogen-bond donors (Lipinski definition) is 1. The van der Waals surface area contributed by atoms with Crippen LogP contribution in [-0.2, 0) is 9.59 Å². The molecule has 2 aromatic carbocycles. The van der Waals surface area contributed by atoms with Gasteiger partial charge in [-0.05, 0) is 43.2 Å². The number of aryl methyl sites for hydroxylation is 1. The summed E-state index contributed by atoms with van der Waals surface area (Å²) in [5.41, 5.74) is 2.95. The Kier molecular flexibility index (Phi) is 5.16. The molecule has 140 valence electrons. The lowest BCUT2D eigenvalue weighted by atomic mass is 10.0. The molecule has 1 aliphatic rings. The molecule has 6 heteroatoms. The van der Waals surface area contributed by atoms with E-state index in [-0.39, 0.29) is 17.5 Å². The highest BCUT2D eigenvalue weighted by Crippen LogP contribution is 2.35. The molecule has 1 N–H and O–H groups in total. The number of hydrogen-bond acceptors (Lipinski definition) is 5. The van der Waals surface area contributed by atoms with Crippen molar-refractivity contribution in [3.63, 3.8) is 0 Å². The molecule has 1 heterocycles. The molecule has 1 aliphatic heterocycles. The summed E-state index contributed by atoms with van der Waals surface area (Å²) < 4.78 is 10.6. The van der Waals surface area contributed by atoms with Crippen molar-refractivity contribution in [1.29, 1.82) is 0 Å². The predicted molar refractivity (Wildman–Crippen MR) is 104 cm³/mol. The lowest BCUT2D eigenvalue weighted by Gasteiger charge is -2.12. The van der Waals surface area contributed by atoms with Crippen LogP contribution in [0.25, 0.3) is 5.57 Å². The van der Waals surface area contributed by atoms with Gasteiger partial charge >= 0.3 is 0 Å². The zero-order chi connectivity index (χ0) is 19.6. The second-order valence-electron chi connectivity index (χ2n) is 6.11. The average molecular weight is 366 g/mol. The molecule has 6 nitrogen and oxygen atoms in total. The average Bonchev–Trinajstić information content (AvgIpc) is 2.92. The summed E-state index contributed by atoms with van der Waals surface area (Å²) in [6.45, 7) is 4.02. The lowest BCUT2D eigenvalue weighted by molar-refractivity contribution is -0.136. The zero-order valence-electron chi connectivity index (χ0n) is 15.8. The molecule has 0 spiro atoms. The summed E-state index contributed by atoms with van der Waals surface area (Å²) in [5, 5.41) is 3.16. The lowest BCUT2D eigenvalue weighted by Crippen LogP contribution is -2.32. The van der Waals surface area contributed by atoms with Crippen molar-refractivity contribution in [2.24, 2.45) is 0 Å². The standard InChI is InChI=1S/C21H22N2O4/c1-5-23-20(24)18(14-10-11-16(26-3)17(12-14)27-4)19(21(23)25)22-15-9-7-6-8-13(15)2/h6-12,22H,5H2,1-4H3. The number of para-hydroxylation sites is 1. The fourth-order valence-electron chi connectivity index (χ4n) is 3.09. The van der Waals surface area contributed by atoms with E-state index < -0.39 is 0 Å². The minimum atomic E-state index is -0.337. The van der Waals surface area contributed by atoms with Crippen molar-refractivity contribution >= 4 is 23.1 Å². The summed E-state index contributed by atoms with van der Waals surface area (Å²) in [5.74, 6) is 0.383. The van der Waals surface area contributed by atoms with Gasteiger partial charge in [0.25, 0.3) is 11.8 Å². The van der Waals surface area contributed by atoms with Gasteiger partial charge in [-0.2, -0.15) is 0 Å². The second-order valence-corrected chi connectivity index (χ2v) is 6.11. The van der Waals surface area contributed by atoms with Crippen molar-refractivity contribution in [3.05, 3.63) is 59.3 Å². The number of anilines is 1. The number of methoxy groups -OCH3 is 2. The molecule has 0 atom stereocenters. The Morgan fingerprint density at radius 3 is 2.30 bits per heavy atom. The minimum Gasteiger partial charge on any atom is -0.493 e. The van der Waals surface area contributed by atoms with E-state index in [0.29, 0.717) is 29.2 Å². The Morgan fingerprint density at radius 1 is 0.963 bits per heavy atom. The SMILES string of the molecule is CCN1C(=O)C(Nc2ccccc2C)=C(c2ccc(OC)c(OC)c2)C1=O.